The van der Waals surface area contributed by atoms with Crippen LogP contribution in [0.2, 0.25) is 0 Å². The number of nitrogens with zero attached hydrogens (tertiary/aromatic N) is 3. The van der Waals surface area contributed by atoms with E-state index in [1.807, 2.05) is 6.07 Å². The molecule has 7 heteroatoms. The Kier molecular flexibility index (Phi) is 3.97. The Bertz CT molecular complexity index is 671. The zero-order chi connectivity index (χ0) is 15.5. The molecule has 7 nitrogen and oxygen atoms in total. The summed E-state index contributed by atoms with van der Waals surface area (Å²) >= 11 is 0. The summed E-state index contributed by atoms with van der Waals surface area (Å²) in [5, 5.41) is 0. The van der Waals surface area contributed by atoms with Crippen molar-refractivity contribution in [1.82, 2.24) is 9.97 Å². The first-order valence-corrected chi connectivity index (χ1v) is 7.07. The van der Waals surface area contributed by atoms with Crippen LogP contribution in [0.3, 0.4) is 0 Å². The first-order chi connectivity index (χ1) is 10.7. The third kappa shape index (κ3) is 2.75. The van der Waals surface area contributed by atoms with Crippen molar-refractivity contribution < 1.29 is 9.47 Å². The average Bonchev–Trinajstić information content (AvgIpc) is 2.56. The van der Waals surface area contributed by atoms with Crippen LogP contribution in [0.4, 0.5) is 17.2 Å². The lowest BCUT2D eigenvalue weighted by Gasteiger charge is -2.28. The molecule has 3 rings (SSSR count). The van der Waals surface area contributed by atoms with Gasteiger partial charge in [0.2, 0.25) is 5.88 Å². The molecule has 0 unspecified atom stereocenters. The normalized spacial score (nSPS) is 14.9. The van der Waals surface area contributed by atoms with E-state index in [-0.39, 0.29) is 0 Å². The number of hydrogen-bond donors (Lipinski definition) is 2. The standard InChI is InChI=1S/C15H19N5O2/c1-21-15-7-13(17)11(9-19-15)10-8-18-14(6-12(10)16)20-2-4-22-5-3-20/h6-9H,2-5H2,1H3,(H2,16,18)(H2,17,19). The van der Waals surface area contributed by atoms with Crippen LogP contribution in [0.25, 0.3) is 11.1 Å². The summed E-state index contributed by atoms with van der Waals surface area (Å²) in [4.78, 5) is 10.8. The molecule has 1 aliphatic heterocycles. The quantitative estimate of drug-likeness (QED) is 0.877. The zero-order valence-corrected chi connectivity index (χ0v) is 12.5. The molecule has 1 fully saturated rings. The SMILES string of the molecule is COc1cc(N)c(-c2cnc(N3CCOCC3)cc2N)cn1. The van der Waals surface area contributed by atoms with Crippen molar-refractivity contribution in [3.05, 3.63) is 24.5 Å². The number of nitrogens with two attached hydrogens (primary N) is 2. The summed E-state index contributed by atoms with van der Waals surface area (Å²) in [7, 11) is 1.55. The molecule has 0 amide bonds. The Labute approximate surface area is 128 Å². The average molecular weight is 301 g/mol. The molecule has 0 bridgehead atoms. The number of aromatic nitrogens is 2. The van der Waals surface area contributed by atoms with Crippen LogP contribution in [-0.4, -0.2) is 43.4 Å². The van der Waals surface area contributed by atoms with Gasteiger partial charge in [-0.1, -0.05) is 0 Å². The molecular weight excluding hydrogens is 282 g/mol. The topological polar surface area (TPSA) is 99.5 Å². The summed E-state index contributed by atoms with van der Waals surface area (Å²) in [6.45, 7) is 3.05. The highest BCUT2D eigenvalue weighted by atomic mass is 16.5. The van der Waals surface area contributed by atoms with E-state index in [1.54, 1.807) is 25.6 Å². The molecule has 0 spiro atoms. The van der Waals surface area contributed by atoms with Gasteiger partial charge in [0.05, 0.1) is 20.3 Å². The molecule has 22 heavy (non-hydrogen) atoms. The maximum absolute atomic E-state index is 6.19. The number of nitrogen functional groups attached to an aromatic ring is 2. The van der Waals surface area contributed by atoms with Crippen molar-refractivity contribution in [1.29, 1.82) is 0 Å². The Hall–Kier alpha value is -2.54. The molecule has 1 saturated heterocycles. The third-order valence-electron chi connectivity index (χ3n) is 3.67. The van der Waals surface area contributed by atoms with Crippen molar-refractivity contribution in [2.75, 3.05) is 49.8 Å². The Morgan fingerprint density at radius 3 is 2.27 bits per heavy atom. The molecule has 116 valence electrons. The monoisotopic (exact) mass is 301 g/mol. The lowest BCUT2D eigenvalue weighted by molar-refractivity contribution is 0.122. The second-order valence-corrected chi connectivity index (χ2v) is 5.04. The van der Waals surface area contributed by atoms with E-state index in [1.165, 1.54) is 0 Å². The number of ether oxygens (including phenoxy) is 2. The first-order valence-electron chi connectivity index (χ1n) is 7.07. The molecule has 0 radical (unpaired) electrons. The van der Waals surface area contributed by atoms with Gasteiger partial charge in [0, 0.05) is 60.1 Å². The maximum atomic E-state index is 6.19. The smallest absolute Gasteiger partial charge is 0.215 e. The predicted molar refractivity (Wildman–Crippen MR) is 85.9 cm³/mol. The molecule has 0 aromatic carbocycles. The Balaban J connectivity index is 1.92. The molecule has 0 atom stereocenters. The van der Waals surface area contributed by atoms with E-state index in [0.717, 1.165) is 30.0 Å². The van der Waals surface area contributed by atoms with E-state index in [0.29, 0.717) is 30.5 Å². The number of morpholine rings is 1. The van der Waals surface area contributed by atoms with Crippen LogP contribution in [0.1, 0.15) is 0 Å². The van der Waals surface area contributed by atoms with Gasteiger partial charge in [-0.3, -0.25) is 0 Å². The third-order valence-corrected chi connectivity index (χ3v) is 3.67. The highest BCUT2D eigenvalue weighted by molar-refractivity contribution is 5.84. The van der Waals surface area contributed by atoms with Crippen LogP contribution >= 0.6 is 0 Å². The summed E-state index contributed by atoms with van der Waals surface area (Å²) in [5.41, 5.74) is 14.9. The van der Waals surface area contributed by atoms with Crippen molar-refractivity contribution in [2.45, 2.75) is 0 Å². The minimum Gasteiger partial charge on any atom is -0.481 e. The summed E-state index contributed by atoms with van der Waals surface area (Å²) < 4.78 is 10.4. The van der Waals surface area contributed by atoms with Crippen LogP contribution < -0.4 is 21.1 Å². The molecule has 0 saturated carbocycles. The van der Waals surface area contributed by atoms with E-state index in [2.05, 4.69) is 14.9 Å². The van der Waals surface area contributed by atoms with Crippen molar-refractivity contribution in [2.24, 2.45) is 0 Å². The van der Waals surface area contributed by atoms with Crippen LogP contribution in [0.5, 0.6) is 5.88 Å². The number of anilines is 3. The Morgan fingerprint density at radius 2 is 1.68 bits per heavy atom. The molecule has 3 heterocycles. The van der Waals surface area contributed by atoms with E-state index in [9.17, 15) is 0 Å². The maximum Gasteiger partial charge on any atom is 0.215 e. The van der Waals surface area contributed by atoms with Gasteiger partial charge in [-0.15, -0.1) is 0 Å². The van der Waals surface area contributed by atoms with Crippen molar-refractivity contribution in [3.63, 3.8) is 0 Å². The molecule has 4 N–H and O–H groups in total. The zero-order valence-electron chi connectivity index (χ0n) is 12.5. The summed E-state index contributed by atoms with van der Waals surface area (Å²) in [6.07, 6.45) is 3.38. The molecule has 1 aliphatic rings. The highest BCUT2D eigenvalue weighted by Crippen LogP contribution is 2.32. The fourth-order valence-electron chi connectivity index (χ4n) is 2.44. The van der Waals surface area contributed by atoms with E-state index in [4.69, 9.17) is 20.9 Å². The lowest BCUT2D eigenvalue weighted by Crippen LogP contribution is -2.36. The fraction of sp³-hybridized carbons (Fsp3) is 0.333. The largest absolute Gasteiger partial charge is 0.481 e. The molecule has 0 aliphatic carbocycles. The van der Waals surface area contributed by atoms with Gasteiger partial charge in [0.25, 0.3) is 0 Å². The highest BCUT2D eigenvalue weighted by Gasteiger charge is 2.15. The van der Waals surface area contributed by atoms with Gasteiger partial charge in [-0.2, -0.15) is 0 Å². The number of hydrogen-bond acceptors (Lipinski definition) is 7. The number of pyridine rings is 2. The fourth-order valence-corrected chi connectivity index (χ4v) is 2.44. The predicted octanol–water partition coefficient (Wildman–Crippen LogP) is 1.15. The second-order valence-electron chi connectivity index (χ2n) is 5.04. The van der Waals surface area contributed by atoms with Crippen molar-refractivity contribution >= 4 is 17.2 Å². The minimum atomic E-state index is 0.470. The van der Waals surface area contributed by atoms with Crippen LogP contribution in [0, 0.1) is 0 Å². The first kappa shape index (κ1) is 14.4. The molecule has 2 aromatic rings. The number of rotatable bonds is 3. The van der Waals surface area contributed by atoms with Crippen LogP contribution in [-0.2, 0) is 4.74 Å². The van der Waals surface area contributed by atoms with Gasteiger partial charge in [-0.25, -0.2) is 9.97 Å². The van der Waals surface area contributed by atoms with E-state index >= 15 is 0 Å². The minimum absolute atomic E-state index is 0.470. The van der Waals surface area contributed by atoms with Gasteiger partial charge in [-0.05, 0) is 0 Å². The summed E-state index contributed by atoms with van der Waals surface area (Å²) in [6, 6.07) is 3.54. The molecule has 2 aromatic heterocycles. The summed E-state index contributed by atoms with van der Waals surface area (Å²) in [5.74, 6) is 1.32. The van der Waals surface area contributed by atoms with Crippen molar-refractivity contribution in [3.8, 4) is 17.0 Å². The van der Waals surface area contributed by atoms with Gasteiger partial charge in [0.1, 0.15) is 5.82 Å². The van der Waals surface area contributed by atoms with Gasteiger partial charge < -0.3 is 25.8 Å². The lowest BCUT2D eigenvalue weighted by atomic mass is 10.1. The van der Waals surface area contributed by atoms with E-state index < -0.39 is 0 Å². The van der Waals surface area contributed by atoms with Crippen LogP contribution in [0.15, 0.2) is 24.5 Å². The second kappa shape index (κ2) is 6.07. The Morgan fingerprint density at radius 1 is 1.05 bits per heavy atom. The number of methoxy groups -OCH3 is 1. The van der Waals surface area contributed by atoms with Gasteiger partial charge in [0.15, 0.2) is 0 Å². The van der Waals surface area contributed by atoms with Gasteiger partial charge >= 0.3 is 0 Å². The molecular formula is C15H19N5O2.